The third kappa shape index (κ3) is 3.06. The molecule has 0 N–H and O–H groups in total. The smallest absolute Gasteiger partial charge is 0.240 e. The van der Waals surface area contributed by atoms with E-state index in [1.54, 1.807) is 18.2 Å². The normalized spacial score (nSPS) is 25.2. The Morgan fingerprint density at radius 2 is 1.65 bits per heavy atom. The number of Topliss-reactive ketones (excluding diaryl/α,β-unsaturated/α-hetero) is 1. The molecule has 176 valence electrons. The highest BCUT2D eigenvalue weighted by Crippen LogP contribution is 2.55. The first kappa shape index (κ1) is 22.2. The first-order chi connectivity index (χ1) is 16.2. The van der Waals surface area contributed by atoms with Gasteiger partial charge < -0.3 is 14.4 Å². The Bertz CT molecular complexity index is 1230. The van der Waals surface area contributed by atoms with Crippen LogP contribution >= 0.6 is 0 Å². The summed E-state index contributed by atoms with van der Waals surface area (Å²) in [7, 11) is 3.02. The molecule has 0 aliphatic carbocycles. The van der Waals surface area contributed by atoms with Crippen LogP contribution in [0.5, 0.6) is 11.5 Å². The van der Waals surface area contributed by atoms with Crippen molar-refractivity contribution in [1.29, 1.82) is 0 Å². The van der Waals surface area contributed by atoms with Gasteiger partial charge in [-0.15, -0.1) is 0 Å². The van der Waals surface area contributed by atoms with Gasteiger partial charge in [0, 0.05) is 17.7 Å². The fraction of sp³-hybridized carbons (Fsp3) is 0.370. The molecule has 2 aromatic carbocycles. The standard InChI is InChI=1S/C27H28N2O5/c1-27(2,3)24(30)23-21-20(22-17-9-7-6-8-15(17)12-13-28(22)23)25(31)29(26(21)32)18-14-16(33-4)10-11-19(18)34-5/h6-14,20-23H,1-5H3/t20-,21+,22-,23-/m0/s1. The first-order valence-electron chi connectivity index (χ1n) is 11.4. The van der Waals surface area contributed by atoms with Crippen molar-refractivity contribution in [3.63, 3.8) is 0 Å². The summed E-state index contributed by atoms with van der Waals surface area (Å²) in [5, 5.41) is 0. The number of fused-ring (bicyclic) bond motifs is 5. The average Bonchev–Trinajstić information content (AvgIpc) is 3.30. The van der Waals surface area contributed by atoms with Crippen molar-refractivity contribution in [2.45, 2.75) is 32.9 Å². The molecule has 2 aromatic rings. The van der Waals surface area contributed by atoms with E-state index in [1.165, 1.54) is 19.1 Å². The zero-order valence-electron chi connectivity index (χ0n) is 19.9. The van der Waals surface area contributed by atoms with Crippen LogP contribution in [0.3, 0.4) is 0 Å². The zero-order chi connectivity index (χ0) is 24.4. The summed E-state index contributed by atoms with van der Waals surface area (Å²) in [6, 6.07) is 11.7. The SMILES string of the molecule is COc1ccc(OC)c(N2C(=O)[C@@H]3[C@H](C2=O)[C@@H]2c4ccccc4C=CN2[C@@H]3C(=O)C(C)(C)C)c1. The number of hydrogen-bond donors (Lipinski definition) is 0. The monoisotopic (exact) mass is 460 g/mol. The number of carbonyl (C=O) groups is 3. The summed E-state index contributed by atoms with van der Waals surface area (Å²) in [6.07, 6.45) is 3.82. The largest absolute Gasteiger partial charge is 0.497 e. The molecule has 34 heavy (non-hydrogen) atoms. The van der Waals surface area contributed by atoms with Crippen LogP contribution in [0, 0.1) is 17.3 Å². The number of hydrogen-bond acceptors (Lipinski definition) is 6. The fourth-order valence-corrected chi connectivity index (χ4v) is 5.51. The predicted octanol–water partition coefficient (Wildman–Crippen LogP) is 3.83. The number of carbonyl (C=O) groups excluding carboxylic acids is 3. The van der Waals surface area contributed by atoms with E-state index >= 15 is 0 Å². The van der Waals surface area contributed by atoms with Crippen LogP contribution in [0.2, 0.25) is 0 Å². The zero-order valence-corrected chi connectivity index (χ0v) is 19.9. The van der Waals surface area contributed by atoms with Gasteiger partial charge in [0.2, 0.25) is 11.8 Å². The summed E-state index contributed by atoms with van der Waals surface area (Å²) >= 11 is 0. The van der Waals surface area contributed by atoms with Crippen LogP contribution in [0.4, 0.5) is 5.69 Å². The molecular weight excluding hydrogens is 432 g/mol. The van der Waals surface area contributed by atoms with Crippen molar-refractivity contribution in [2.24, 2.45) is 17.3 Å². The Morgan fingerprint density at radius 3 is 2.32 bits per heavy atom. The molecule has 3 heterocycles. The van der Waals surface area contributed by atoms with Crippen molar-refractivity contribution < 1.29 is 23.9 Å². The number of nitrogens with zero attached hydrogens (tertiary/aromatic N) is 2. The minimum Gasteiger partial charge on any atom is -0.497 e. The maximum Gasteiger partial charge on any atom is 0.240 e. The highest BCUT2D eigenvalue weighted by molar-refractivity contribution is 6.24. The minimum absolute atomic E-state index is 0.0605. The molecule has 0 unspecified atom stereocenters. The molecular formula is C27H28N2O5. The van der Waals surface area contributed by atoms with Gasteiger partial charge in [0.1, 0.15) is 17.5 Å². The van der Waals surface area contributed by atoms with E-state index in [2.05, 4.69) is 0 Å². The predicted molar refractivity (Wildman–Crippen MR) is 127 cm³/mol. The van der Waals surface area contributed by atoms with Crippen molar-refractivity contribution in [3.8, 4) is 11.5 Å². The minimum atomic E-state index is -0.795. The number of rotatable bonds is 4. The van der Waals surface area contributed by atoms with Crippen molar-refractivity contribution in [1.82, 2.24) is 4.90 Å². The molecule has 2 amide bonds. The second kappa shape index (κ2) is 7.72. The molecule has 0 saturated carbocycles. The Hall–Kier alpha value is -3.61. The van der Waals surface area contributed by atoms with Crippen molar-refractivity contribution >= 4 is 29.4 Å². The van der Waals surface area contributed by atoms with E-state index in [4.69, 9.17) is 9.47 Å². The highest BCUT2D eigenvalue weighted by atomic mass is 16.5. The molecule has 0 bridgehead atoms. The van der Waals surface area contributed by atoms with Gasteiger partial charge in [0.15, 0.2) is 5.78 Å². The molecule has 0 radical (unpaired) electrons. The summed E-state index contributed by atoms with van der Waals surface area (Å²) in [4.78, 5) is 44.8. The molecule has 7 nitrogen and oxygen atoms in total. The molecule has 3 aliphatic rings. The lowest BCUT2D eigenvalue weighted by atomic mass is 9.79. The first-order valence-corrected chi connectivity index (χ1v) is 11.4. The highest BCUT2D eigenvalue weighted by Gasteiger charge is 2.65. The molecule has 5 rings (SSSR count). The maximum absolute atomic E-state index is 14.0. The molecule has 2 fully saturated rings. The molecule has 0 spiro atoms. The Balaban J connectivity index is 1.68. The topological polar surface area (TPSA) is 76.2 Å². The summed E-state index contributed by atoms with van der Waals surface area (Å²) in [5.74, 6) is -1.36. The van der Waals surface area contributed by atoms with Crippen LogP contribution < -0.4 is 14.4 Å². The lowest BCUT2D eigenvalue weighted by molar-refractivity contribution is -0.135. The van der Waals surface area contributed by atoms with E-state index in [1.807, 2.05) is 62.2 Å². The van der Waals surface area contributed by atoms with Gasteiger partial charge in [-0.1, -0.05) is 45.0 Å². The molecule has 0 aromatic heterocycles. The van der Waals surface area contributed by atoms with Crippen LogP contribution in [-0.2, 0) is 14.4 Å². The Labute approximate surface area is 198 Å². The van der Waals surface area contributed by atoms with Gasteiger partial charge in [-0.3, -0.25) is 14.4 Å². The molecule has 2 saturated heterocycles. The number of ketones is 1. The Morgan fingerprint density at radius 1 is 0.941 bits per heavy atom. The van der Waals surface area contributed by atoms with Crippen molar-refractivity contribution in [2.75, 3.05) is 19.1 Å². The van der Waals surface area contributed by atoms with E-state index in [0.717, 1.165) is 11.1 Å². The lowest BCUT2D eigenvalue weighted by Crippen LogP contribution is -2.47. The Kier molecular flexibility index (Phi) is 5.04. The number of benzene rings is 2. The number of ether oxygens (including phenoxy) is 2. The van der Waals surface area contributed by atoms with Gasteiger partial charge in [-0.25, -0.2) is 4.90 Å². The van der Waals surface area contributed by atoms with Gasteiger partial charge in [-0.05, 0) is 29.3 Å². The van der Waals surface area contributed by atoms with Gasteiger partial charge in [0.05, 0.1) is 37.8 Å². The second-order valence-electron chi connectivity index (χ2n) is 10.00. The third-order valence-electron chi connectivity index (χ3n) is 7.10. The fourth-order valence-electron chi connectivity index (χ4n) is 5.51. The van der Waals surface area contributed by atoms with Crippen LogP contribution in [0.15, 0.2) is 48.7 Å². The number of amides is 2. The van der Waals surface area contributed by atoms with Gasteiger partial charge in [-0.2, -0.15) is 0 Å². The molecule has 4 atom stereocenters. The quantitative estimate of drug-likeness (QED) is 0.646. The second-order valence-corrected chi connectivity index (χ2v) is 10.00. The van der Waals surface area contributed by atoms with Crippen LogP contribution in [0.25, 0.3) is 6.08 Å². The summed E-state index contributed by atoms with van der Waals surface area (Å²) < 4.78 is 10.8. The number of methoxy groups -OCH3 is 2. The average molecular weight is 461 g/mol. The number of imide groups is 1. The summed E-state index contributed by atoms with van der Waals surface area (Å²) in [5.41, 5.74) is 1.59. The van der Waals surface area contributed by atoms with E-state index in [0.29, 0.717) is 17.2 Å². The van der Waals surface area contributed by atoms with E-state index in [9.17, 15) is 14.4 Å². The third-order valence-corrected chi connectivity index (χ3v) is 7.10. The van der Waals surface area contributed by atoms with Crippen LogP contribution in [0.1, 0.15) is 37.9 Å². The molecule has 3 aliphatic heterocycles. The van der Waals surface area contributed by atoms with E-state index < -0.39 is 29.3 Å². The van der Waals surface area contributed by atoms with Gasteiger partial charge in [0.25, 0.3) is 0 Å². The van der Waals surface area contributed by atoms with Gasteiger partial charge >= 0.3 is 0 Å². The lowest BCUT2D eigenvalue weighted by Gasteiger charge is -2.37. The van der Waals surface area contributed by atoms with Crippen LogP contribution in [-0.4, -0.2) is 42.8 Å². The molecule has 7 heteroatoms. The van der Waals surface area contributed by atoms with E-state index in [-0.39, 0.29) is 17.6 Å². The maximum atomic E-state index is 14.0. The summed E-state index contributed by atoms with van der Waals surface area (Å²) in [6.45, 7) is 5.55. The van der Waals surface area contributed by atoms with Crippen molar-refractivity contribution in [3.05, 3.63) is 59.8 Å². The number of anilines is 1.